The molecule has 1 aromatic heterocycles. The molecule has 0 spiro atoms. The number of nitrogens with one attached hydrogen (secondary N) is 2. The second kappa shape index (κ2) is 10.00. The maximum Gasteiger partial charge on any atom is 0.414 e. The van der Waals surface area contributed by atoms with Gasteiger partial charge in [0.05, 0.1) is 33.9 Å². The molecule has 0 radical (unpaired) electrons. The van der Waals surface area contributed by atoms with Gasteiger partial charge in [-0.25, -0.2) is 9.59 Å². The number of amides is 2. The van der Waals surface area contributed by atoms with Crippen molar-refractivity contribution in [3.8, 4) is 0 Å². The molecule has 2 amide bonds. The van der Waals surface area contributed by atoms with E-state index in [4.69, 9.17) is 16.3 Å². The lowest BCUT2D eigenvalue weighted by Gasteiger charge is -2.20. The minimum absolute atomic E-state index is 0.0646. The van der Waals surface area contributed by atoms with Crippen molar-refractivity contribution in [2.75, 3.05) is 35.6 Å². The molecule has 1 atom stereocenters. The molecule has 3 heterocycles. The fraction of sp³-hybridized carbons (Fsp3) is 0.333. The van der Waals surface area contributed by atoms with Crippen LogP contribution in [0, 0.1) is 0 Å². The molecule has 0 aliphatic carbocycles. The smallest absolute Gasteiger partial charge is 0.414 e. The Morgan fingerprint density at radius 1 is 1.17 bits per heavy atom. The lowest BCUT2D eigenvalue weighted by atomic mass is 10.2. The van der Waals surface area contributed by atoms with Crippen molar-refractivity contribution in [2.45, 2.75) is 24.0 Å². The van der Waals surface area contributed by atoms with Crippen molar-refractivity contribution >= 4 is 57.6 Å². The molecule has 3 aromatic rings. The van der Waals surface area contributed by atoms with Crippen molar-refractivity contribution in [3.05, 3.63) is 62.3 Å². The van der Waals surface area contributed by atoms with Crippen LogP contribution in [0.1, 0.15) is 6.42 Å². The van der Waals surface area contributed by atoms with Crippen LogP contribution in [-0.4, -0.2) is 52.6 Å². The summed E-state index contributed by atoms with van der Waals surface area (Å²) in [5.74, 6) is 0.316. The Kier molecular flexibility index (Phi) is 6.78. The third-order valence-corrected chi connectivity index (χ3v) is 7.63. The fourth-order valence-electron chi connectivity index (χ4n) is 4.44. The number of para-hydroxylation sites is 1. The number of thioether (sulfide) groups is 1. The second-order valence-electron chi connectivity index (χ2n) is 8.61. The molecule has 0 saturated carbocycles. The van der Waals surface area contributed by atoms with Gasteiger partial charge in [0.2, 0.25) is 5.91 Å². The van der Waals surface area contributed by atoms with Crippen LogP contribution in [0.25, 0.3) is 10.9 Å². The monoisotopic (exact) mass is 529 g/mol. The first kappa shape index (κ1) is 24.4. The van der Waals surface area contributed by atoms with Crippen molar-refractivity contribution in [1.29, 1.82) is 0 Å². The van der Waals surface area contributed by atoms with Crippen molar-refractivity contribution in [1.82, 2.24) is 14.5 Å². The number of halogens is 1. The summed E-state index contributed by atoms with van der Waals surface area (Å²) in [4.78, 5) is 52.1. The summed E-state index contributed by atoms with van der Waals surface area (Å²) >= 11 is 7.65. The second-order valence-corrected chi connectivity index (χ2v) is 10.0. The van der Waals surface area contributed by atoms with E-state index in [9.17, 15) is 19.2 Å². The predicted molar refractivity (Wildman–Crippen MR) is 139 cm³/mol. The molecular formula is C24H24ClN5O5S. The first-order chi connectivity index (χ1) is 17.3. The van der Waals surface area contributed by atoms with Crippen LogP contribution in [0.15, 0.2) is 50.9 Å². The van der Waals surface area contributed by atoms with Gasteiger partial charge in [0.25, 0.3) is 5.56 Å². The zero-order chi connectivity index (χ0) is 25.4. The van der Waals surface area contributed by atoms with E-state index in [0.717, 1.165) is 4.90 Å². The highest BCUT2D eigenvalue weighted by Crippen LogP contribution is 2.35. The predicted octanol–water partition coefficient (Wildman–Crippen LogP) is 2.40. The van der Waals surface area contributed by atoms with Gasteiger partial charge in [-0.3, -0.25) is 23.6 Å². The lowest BCUT2D eigenvalue weighted by Crippen LogP contribution is -2.41. The summed E-state index contributed by atoms with van der Waals surface area (Å²) in [7, 11) is 1.59. The van der Waals surface area contributed by atoms with E-state index in [0.29, 0.717) is 59.1 Å². The van der Waals surface area contributed by atoms with Gasteiger partial charge in [0.15, 0.2) is 0 Å². The molecule has 1 fully saturated rings. The third kappa shape index (κ3) is 4.61. The Bertz CT molecular complexity index is 1490. The van der Waals surface area contributed by atoms with Crippen LogP contribution >= 0.6 is 23.4 Å². The van der Waals surface area contributed by atoms with Gasteiger partial charge in [-0.2, -0.15) is 0 Å². The average Bonchev–Trinajstić information content (AvgIpc) is 3.23. The van der Waals surface area contributed by atoms with Gasteiger partial charge in [-0.1, -0.05) is 17.7 Å². The highest BCUT2D eigenvalue weighted by molar-refractivity contribution is 8.00. The minimum atomic E-state index is -0.431. The third-order valence-electron chi connectivity index (χ3n) is 6.25. The SMILES string of the molecule is Cn1c(=O)n(CCNCCC2CN(c3ccc4c(c3)NC(=O)CS4)C(=O)O2)c(=O)c2cccc(Cl)c21. The maximum atomic E-state index is 12.8. The van der Waals surface area contributed by atoms with Crippen LogP contribution < -0.4 is 26.8 Å². The van der Waals surface area contributed by atoms with E-state index in [1.165, 1.54) is 20.9 Å². The molecular weight excluding hydrogens is 506 g/mol. The molecule has 36 heavy (non-hydrogen) atoms. The van der Waals surface area contributed by atoms with E-state index >= 15 is 0 Å². The number of hydrogen-bond donors (Lipinski definition) is 2. The van der Waals surface area contributed by atoms with Gasteiger partial charge in [-0.05, 0) is 43.3 Å². The molecule has 12 heteroatoms. The molecule has 2 N–H and O–H groups in total. The summed E-state index contributed by atoms with van der Waals surface area (Å²) in [6.07, 6.45) is -0.164. The minimum Gasteiger partial charge on any atom is -0.444 e. The number of rotatable bonds is 7. The van der Waals surface area contributed by atoms with E-state index in [2.05, 4.69) is 10.6 Å². The molecule has 2 aliphatic heterocycles. The topological polar surface area (TPSA) is 115 Å². The van der Waals surface area contributed by atoms with Gasteiger partial charge in [-0.15, -0.1) is 11.8 Å². The van der Waals surface area contributed by atoms with E-state index in [-0.39, 0.29) is 24.1 Å². The molecule has 2 aromatic carbocycles. The van der Waals surface area contributed by atoms with Crippen molar-refractivity contribution in [2.24, 2.45) is 7.05 Å². The summed E-state index contributed by atoms with van der Waals surface area (Å²) in [5, 5.41) is 6.79. The molecule has 10 nitrogen and oxygen atoms in total. The van der Waals surface area contributed by atoms with Crippen LogP contribution in [0.5, 0.6) is 0 Å². The van der Waals surface area contributed by atoms with Crippen LogP contribution in [-0.2, 0) is 23.1 Å². The molecule has 1 saturated heterocycles. The highest BCUT2D eigenvalue weighted by Gasteiger charge is 2.32. The zero-order valence-electron chi connectivity index (χ0n) is 19.5. The number of ether oxygens (including phenoxy) is 1. The Labute approximate surface area is 215 Å². The van der Waals surface area contributed by atoms with Crippen LogP contribution in [0.3, 0.4) is 0 Å². The Morgan fingerprint density at radius 2 is 2.00 bits per heavy atom. The van der Waals surface area contributed by atoms with E-state index in [1.54, 1.807) is 36.2 Å². The number of carbonyl (C=O) groups is 2. The number of nitrogens with zero attached hydrogens (tertiary/aromatic N) is 3. The zero-order valence-corrected chi connectivity index (χ0v) is 21.0. The lowest BCUT2D eigenvalue weighted by molar-refractivity contribution is -0.113. The van der Waals surface area contributed by atoms with E-state index < -0.39 is 11.8 Å². The number of aryl methyl sites for hydroxylation is 1. The Balaban J connectivity index is 1.16. The number of benzene rings is 2. The summed E-state index contributed by atoms with van der Waals surface area (Å²) in [5.41, 5.74) is 0.985. The van der Waals surface area contributed by atoms with Crippen molar-refractivity contribution in [3.63, 3.8) is 0 Å². The normalized spacial score (nSPS) is 17.3. The molecule has 5 rings (SSSR count). The van der Waals surface area contributed by atoms with Gasteiger partial charge in [0, 0.05) is 30.7 Å². The number of hydrogen-bond acceptors (Lipinski definition) is 7. The fourth-order valence-corrected chi connectivity index (χ4v) is 5.53. The first-order valence-corrected chi connectivity index (χ1v) is 12.8. The molecule has 2 aliphatic rings. The maximum absolute atomic E-state index is 12.8. The first-order valence-electron chi connectivity index (χ1n) is 11.5. The molecule has 1 unspecified atom stereocenters. The van der Waals surface area contributed by atoms with Crippen molar-refractivity contribution < 1.29 is 14.3 Å². The standard InChI is InChI=1S/C24H24ClN5O5S/c1-28-21-16(3-2-4-17(21)25)22(32)29(23(28)33)10-9-26-8-7-15-12-30(24(34)35-15)14-5-6-19-18(11-14)27-20(31)13-36-19/h2-6,11,15,26H,7-10,12-13H2,1H3,(H,27,31). The van der Waals surface area contributed by atoms with Gasteiger partial charge < -0.3 is 15.4 Å². The summed E-state index contributed by atoms with van der Waals surface area (Å²) in [6.45, 7) is 1.53. The number of cyclic esters (lactones) is 1. The van der Waals surface area contributed by atoms with Crippen LogP contribution in [0.2, 0.25) is 5.02 Å². The Hall–Kier alpha value is -3.28. The Morgan fingerprint density at radius 3 is 2.83 bits per heavy atom. The number of fused-ring (bicyclic) bond motifs is 2. The van der Waals surface area contributed by atoms with Gasteiger partial charge >= 0.3 is 11.8 Å². The largest absolute Gasteiger partial charge is 0.444 e. The highest BCUT2D eigenvalue weighted by atomic mass is 35.5. The molecule has 188 valence electrons. The summed E-state index contributed by atoms with van der Waals surface area (Å²) in [6, 6.07) is 10.5. The quantitative estimate of drug-likeness (QED) is 0.452. The van der Waals surface area contributed by atoms with E-state index in [1.807, 2.05) is 12.1 Å². The summed E-state index contributed by atoms with van der Waals surface area (Å²) < 4.78 is 8.08. The van der Waals surface area contributed by atoms with Gasteiger partial charge in [0.1, 0.15) is 6.10 Å². The van der Waals surface area contributed by atoms with Crippen LogP contribution in [0.4, 0.5) is 16.2 Å². The number of aromatic nitrogens is 2. The number of anilines is 2. The number of carbonyl (C=O) groups excluding carboxylic acids is 2. The molecule has 0 bridgehead atoms. The average molecular weight is 530 g/mol.